The van der Waals surface area contributed by atoms with Crippen LogP contribution in [0.3, 0.4) is 0 Å². The van der Waals surface area contributed by atoms with Crippen LogP contribution in [0.2, 0.25) is 0 Å². The molecule has 2 aliphatic heterocycles. The van der Waals surface area contributed by atoms with Crippen molar-refractivity contribution in [1.82, 2.24) is 9.80 Å². The second-order valence-corrected chi connectivity index (χ2v) is 4.77. The van der Waals surface area contributed by atoms with E-state index in [0.717, 1.165) is 12.6 Å². The molecule has 0 aliphatic carbocycles. The quantitative estimate of drug-likeness (QED) is 0.715. The summed E-state index contributed by atoms with van der Waals surface area (Å²) in [7, 11) is 0. The van der Waals surface area contributed by atoms with Crippen LogP contribution in [-0.2, 0) is 0 Å². The molecule has 0 bridgehead atoms. The topological polar surface area (TPSA) is 32.5 Å². The van der Waals surface area contributed by atoms with Gasteiger partial charge in [0, 0.05) is 31.7 Å². The first-order valence-electron chi connectivity index (χ1n) is 5.99. The van der Waals surface area contributed by atoms with Gasteiger partial charge in [-0.3, -0.25) is 9.80 Å². The first kappa shape index (κ1) is 10.4. The van der Waals surface area contributed by atoms with Crippen LogP contribution in [0.4, 0.5) is 0 Å². The summed E-state index contributed by atoms with van der Waals surface area (Å²) >= 11 is 0. The fraction of sp³-hybridized carbons (Fsp3) is 1.00. The lowest BCUT2D eigenvalue weighted by Crippen LogP contribution is -2.40. The summed E-state index contributed by atoms with van der Waals surface area (Å²) in [6, 6.07) is 1.40. The molecule has 0 amide bonds. The van der Waals surface area contributed by atoms with Gasteiger partial charge in [-0.25, -0.2) is 0 Å². The lowest BCUT2D eigenvalue weighted by molar-refractivity contribution is 0.209. The summed E-state index contributed by atoms with van der Waals surface area (Å²) in [4.78, 5) is 5.21. The zero-order chi connectivity index (χ0) is 9.97. The van der Waals surface area contributed by atoms with E-state index in [1.54, 1.807) is 0 Å². The average Bonchev–Trinajstić information content (AvgIpc) is 2.86. The van der Waals surface area contributed by atoms with E-state index in [0.29, 0.717) is 6.04 Å². The molecule has 0 saturated carbocycles. The first-order chi connectivity index (χ1) is 6.81. The van der Waals surface area contributed by atoms with Crippen LogP contribution in [0.1, 0.15) is 26.2 Å². The molecule has 2 rings (SSSR count). The smallest absolute Gasteiger partial charge is 0.0235 e. The summed E-state index contributed by atoms with van der Waals surface area (Å²) in [6.07, 6.45) is 4.16. The van der Waals surface area contributed by atoms with Crippen LogP contribution in [0, 0.1) is 0 Å². The lowest BCUT2D eigenvalue weighted by Gasteiger charge is -2.26. The summed E-state index contributed by atoms with van der Waals surface area (Å²) < 4.78 is 0. The molecule has 82 valence electrons. The molecule has 0 aromatic rings. The average molecular weight is 197 g/mol. The van der Waals surface area contributed by atoms with Gasteiger partial charge in [0.1, 0.15) is 0 Å². The zero-order valence-corrected chi connectivity index (χ0v) is 9.28. The molecule has 0 spiro atoms. The van der Waals surface area contributed by atoms with Crippen molar-refractivity contribution >= 4 is 0 Å². The Balaban J connectivity index is 1.81. The molecule has 2 aliphatic rings. The monoisotopic (exact) mass is 197 g/mol. The highest BCUT2D eigenvalue weighted by Gasteiger charge is 2.30. The van der Waals surface area contributed by atoms with Gasteiger partial charge < -0.3 is 5.73 Å². The Hall–Kier alpha value is -0.120. The SMILES string of the molecule is CC(CN)N1CCC(N2CCCC2)C1. The van der Waals surface area contributed by atoms with Crippen molar-refractivity contribution < 1.29 is 0 Å². The van der Waals surface area contributed by atoms with Crippen LogP contribution in [0.5, 0.6) is 0 Å². The Kier molecular flexibility index (Phi) is 3.42. The maximum Gasteiger partial charge on any atom is 0.0235 e. The van der Waals surface area contributed by atoms with E-state index >= 15 is 0 Å². The number of rotatable bonds is 3. The Labute approximate surface area is 87.2 Å². The number of nitrogens with zero attached hydrogens (tertiary/aromatic N) is 2. The van der Waals surface area contributed by atoms with Crippen LogP contribution < -0.4 is 5.73 Å². The second kappa shape index (κ2) is 4.60. The van der Waals surface area contributed by atoms with E-state index in [1.807, 2.05) is 0 Å². The van der Waals surface area contributed by atoms with E-state index in [4.69, 9.17) is 5.73 Å². The molecule has 2 saturated heterocycles. The van der Waals surface area contributed by atoms with Crippen molar-refractivity contribution in [3.05, 3.63) is 0 Å². The van der Waals surface area contributed by atoms with Crippen molar-refractivity contribution in [2.45, 2.75) is 38.3 Å². The fourth-order valence-electron chi connectivity index (χ4n) is 2.72. The highest BCUT2D eigenvalue weighted by Crippen LogP contribution is 2.21. The van der Waals surface area contributed by atoms with Crippen molar-refractivity contribution in [1.29, 1.82) is 0 Å². The third-order valence-electron chi connectivity index (χ3n) is 3.82. The molecular formula is C11H23N3. The normalized spacial score (nSPS) is 32.6. The number of nitrogens with two attached hydrogens (primary N) is 1. The summed E-state index contributed by atoms with van der Waals surface area (Å²) in [6.45, 7) is 8.20. The fourth-order valence-corrected chi connectivity index (χ4v) is 2.72. The molecule has 0 aromatic carbocycles. The highest BCUT2D eigenvalue weighted by molar-refractivity contribution is 4.87. The predicted molar refractivity (Wildman–Crippen MR) is 59.3 cm³/mol. The molecule has 3 heteroatoms. The molecular weight excluding hydrogens is 174 g/mol. The molecule has 0 aromatic heterocycles. The van der Waals surface area contributed by atoms with Crippen molar-refractivity contribution in [3.8, 4) is 0 Å². The van der Waals surface area contributed by atoms with Gasteiger partial charge in [-0.15, -0.1) is 0 Å². The molecule has 14 heavy (non-hydrogen) atoms. The van der Waals surface area contributed by atoms with Crippen molar-refractivity contribution in [3.63, 3.8) is 0 Å². The van der Waals surface area contributed by atoms with Crippen LogP contribution >= 0.6 is 0 Å². The van der Waals surface area contributed by atoms with Crippen LogP contribution in [-0.4, -0.2) is 54.6 Å². The summed E-state index contributed by atoms with van der Waals surface area (Å²) in [5.74, 6) is 0. The van der Waals surface area contributed by atoms with Gasteiger partial charge in [-0.05, 0) is 39.3 Å². The van der Waals surface area contributed by atoms with Gasteiger partial charge in [0.15, 0.2) is 0 Å². The van der Waals surface area contributed by atoms with Gasteiger partial charge >= 0.3 is 0 Å². The van der Waals surface area contributed by atoms with Crippen LogP contribution in [0.25, 0.3) is 0 Å². The van der Waals surface area contributed by atoms with Crippen molar-refractivity contribution in [2.24, 2.45) is 5.73 Å². The van der Waals surface area contributed by atoms with Gasteiger partial charge in [-0.1, -0.05) is 0 Å². The van der Waals surface area contributed by atoms with E-state index in [9.17, 15) is 0 Å². The number of likely N-dealkylation sites (tertiary alicyclic amines) is 2. The maximum absolute atomic E-state index is 5.70. The Bertz CT molecular complexity index is 177. The minimum absolute atomic E-state index is 0.572. The largest absolute Gasteiger partial charge is 0.329 e. The zero-order valence-electron chi connectivity index (χ0n) is 9.28. The molecule has 2 fully saturated rings. The van der Waals surface area contributed by atoms with Crippen molar-refractivity contribution in [2.75, 3.05) is 32.7 Å². The third-order valence-corrected chi connectivity index (χ3v) is 3.82. The molecule has 2 heterocycles. The van der Waals surface area contributed by atoms with Gasteiger partial charge in [-0.2, -0.15) is 0 Å². The third kappa shape index (κ3) is 2.10. The van der Waals surface area contributed by atoms with Gasteiger partial charge in [0.05, 0.1) is 0 Å². The second-order valence-electron chi connectivity index (χ2n) is 4.77. The van der Waals surface area contributed by atoms with E-state index < -0.39 is 0 Å². The molecule has 2 unspecified atom stereocenters. The minimum atomic E-state index is 0.572. The Morgan fingerprint density at radius 3 is 2.64 bits per heavy atom. The predicted octanol–water partition coefficient (Wildman–Crippen LogP) is 0.504. The highest BCUT2D eigenvalue weighted by atomic mass is 15.3. The Morgan fingerprint density at radius 1 is 1.29 bits per heavy atom. The van der Waals surface area contributed by atoms with E-state index in [-0.39, 0.29) is 0 Å². The minimum Gasteiger partial charge on any atom is -0.329 e. The van der Waals surface area contributed by atoms with Crippen LogP contribution in [0.15, 0.2) is 0 Å². The molecule has 0 radical (unpaired) electrons. The number of hydrogen-bond donors (Lipinski definition) is 1. The molecule has 2 atom stereocenters. The lowest BCUT2D eigenvalue weighted by atomic mass is 10.2. The standard InChI is InChI=1S/C11H23N3/c1-10(8-12)14-7-4-11(9-14)13-5-2-3-6-13/h10-11H,2-9,12H2,1H3. The van der Waals surface area contributed by atoms with Gasteiger partial charge in [0.2, 0.25) is 0 Å². The molecule has 2 N–H and O–H groups in total. The molecule has 3 nitrogen and oxygen atoms in total. The summed E-state index contributed by atoms with van der Waals surface area (Å²) in [5, 5.41) is 0. The van der Waals surface area contributed by atoms with E-state index in [2.05, 4.69) is 16.7 Å². The number of hydrogen-bond acceptors (Lipinski definition) is 3. The Morgan fingerprint density at radius 2 is 2.00 bits per heavy atom. The maximum atomic E-state index is 5.70. The van der Waals surface area contributed by atoms with Gasteiger partial charge in [0.25, 0.3) is 0 Å². The first-order valence-corrected chi connectivity index (χ1v) is 5.99. The van der Waals surface area contributed by atoms with E-state index in [1.165, 1.54) is 45.4 Å². The summed E-state index contributed by atoms with van der Waals surface area (Å²) in [5.41, 5.74) is 5.70.